The SMILES string of the molecule is CC(N)Cc1ccc(Oc2cccc(N(C)C)c2)cc1Cl. The van der Waals surface area contributed by atoms with Crippen LogP contribution in [0.25, 0.3) is 0 Å². The molecule has 0 saturated heterocycles. The molecule has 3 nitrogen and oxygen atoms in total. The molecule has 2 rings (SSSR count). The molecule has 0 radical (unpaired) electrons. The molecular formula is C17H21ClN2O. The van der Waals surface area contributed by atoms with Gasteiger partial charge < -0.3 is 15.4 Å². The van der Waals surface area contributed by atoms with Crippen LogP contribution in [0, 0.1) is 0 Å². The predicted molar refractivity (Wildman–Crippen MR) is 89.6 cm³/mol. The van der Waals surface area contributed by atoms with Crippen molar-refractivity contribution in [2.75, 3.05) is 19.0 Å². The Bertz CT molecular complexity index is 611. The van der Waals surface area contributed by atoms with E-state index in [1.54, 1.807) is 0 Å². The summed E-state index contributed by atoms with van der Waals surface area (Å²) in [7, 11) is 4.00. The number of hydrogen-bond acceptors (Lipinski definition) is 3. The molecule has 4 heteroatoms. The van der Waals surface area contributed by atoms with E-state index in [4.69, 9.17) is 22.1 Å². The molecule has 0 aliphatic carbocycles. The molecule has 0 bridgehead atoms. The Morgan fingerprint density at radius 3 is 2.48 bits per heavy atom. The Hall–Kier alpha value is -1.71. The summed E-state index contributed by atoms with van der Waals surface area (Å²) in [5.74, 6) is 1.52. The first kappa shape index (κ1) is 15.7. The van der Waals surface area contributed by atoms with Gasteiger partial charge in [0.2, 0.25) is 0 Å². The Kier molecular flexibility index (Phi) is 5.10. The molecule has 112 valence electrons. The van der Waals surface area contributed by atoms with Crippen molar-refractivity contribution in [2.24, 2.45) is 5.73 Å². The maximum atomic E-state index is 6.28. The summed E-state index contributed by atoms with van der Waals surface area (Å²) in [6.07, 6.45) is 0.759. The van der Waals surface area contributed by atoms with Gasteiger partial charge in [-0.2, -0.15) is 0 Å². The van der Waals surface area contributed by atoms with Gasteiger partial charge in [-0.1, -0.05) is 23.7 Å². The normalized spacial score (nSPS) is 12.0. The lowest BCUT2D eigenvalue weighted by Gasteiger charge is -2.14. The number of hydrogen-bond donors (Lipinski definition) is 1. The van der Waals surface area contributed by atoms with Gasteiger partial charge in [-0.15, -0.1) is 0 Å². The monoisotopic (exact) mass is 304 g/mol. The molecule has 0 fully saturated rings. The zero-order chi connectivity index (χ0) is 15.4. The van der Waals surface area contributed by atoms with Crippen molar-refractivity contribution >= 4 is 17.3 Å². The third-order valence-corrected chi connectivity index (χ3v) is 3.49. The van der Waals surface area contributed by atoms with Crippen molar-refractivity contribution < 1.29 is 4.74 Å². The second-order valence-corrected chi connectivity index (χ2v) is 5.84. The van der Waals surface area contributed by atoms with Crippen LogP contribution >= 0.6 is 11.6 Å². The van der Waals surface area contributed by atoms with Crippen LogP contribution in [0.5, 0.6) is 11.5 Å². The Morgan fingerprint density at radius 1 is 1.14 bits per heavy atom. The van der Waals surface area contributed by atoms with Gasteiger partial charge in [0, 0.05) is 36.9 Å². The first-order valence-corrected chi connectivity index (χ1v) is 7.33. The minimum absolute atomic E-state index is 0.0889. The van der Waals surface area contributed by atoms with Crippen molar-refractivity contribution in [1.29, 1.82) is 0 Å². The summed E-state index contributed by atoms with van der Waals surface area (Å²) in [6, 6.07) is 13.7. The van der Waals surface area contributed by atoms with E-state index in [9.17, 15) is 0 Å². The lowest BCUT2D eigenvalue weighted by atomic mass is 10.1. The summed E-state index contributed by atoms with van der Waals surface area (Å²) in [5.41, 5.74) is 7.94. The second kappa shape index (κ2) is 6.83. The fourth-order valence-corrected chi connectivity index (χ4v) is 2.31. The van der Waals surface area contributed by atoms with Gasteiger partial charge in [-0.25, -0.2) is 0 Å². The molecule has 2 aromatic carbocycles. The van der Waals surface area contributed by atoms with Gasteiger partial charge in [-0.3, -0.25) is 0 Å². The van der Waals surface area contributed by atoms with Crippen molar-refractivity contribution in [3.63, 3.8) is 0 Å². The Morgan fingerprint density at radius 2 is 1.86 bits per heavy atom. The summed E-state index contributed by atoms with van der Waals surface area (Å²) in [5, 5.41) is 0.688. The summed E-state index contributed by atoms with van der Waals surface area (Å²) in [4.78, 5) is 2.03. The quantitative estimate of drug-likeness (QED) is 0.904. The molecule has 0 amide bonds. The second-order valence-electron chi connectivity index (χ2n) is 5.43. The molecule has 0 aliphatic heterocycles. The van der Waals surface area contributed by atoms with Crippen molar-refractivity contribution in [3.8, 4) is 11.5 Å². The van der Waals surface area contributed by atoms with Crippen LogP contribution in [-0.2, 0) is 6.42 Å². The number of nitrogens with zero attached hydrogens (tertiary/aromatic N) is 1. The summed E-state index contributed by atoms with van der Waals surface area (Å²) >= 11 is 6.28. The zero-order valence-electron chi connectivity index (χ0n) is 12.6. The van der Waals surface area contributed by atoms with E-state index in [0.717, 1.165) is 29.2 Å². The highest BCUT2D eigenvalue weighted by atomic mass is 35.5. The molecule has 2 N–H and O–H groups in total. The molecule has 21 heavy (non-hydrogen) atoms. The number of ether oxygens (including phenoxy) is 1. The lowest BCUT2D eigenvalue weighted by molar-refractivity contribution is 0.482. The summed E-state index contributed by atoms with van der Waals surface area (Å²) in [6.45, 7) is 1.97. The molecule has 0 spiro atoms. The average Bonchev–Trinajstić information content (AvgIpc) is 2.42. The van der Waals surface area contributed by atoms with Gasteiger partial charge in [0.1, 0.15) is 11.5 Å². The fourth-order valence-electron chi connectivity index (χ4n) is 2.07. The highest BCUT2D eigenvalue weighted by molar-refractivity contribution is 6.31. The minimum atomic E-state index is 0.0889. The minimum Gasteiger partial charge on any atom is -0.457 e. The highest BCUT2D eigenvalue weighted by Crippen LogP contribution is 2.29. The standard InChI is InChI=1S/C17H21ClN2O/c1-12(19)9-13-7-8-16(11-17(13)18)21-15-6-4-5-14(10-15)20(2)3/h4-8,10-12H,9,19H2,1-3H3. The van der Waals surface area contributed by atoms with E-state index in [0.29, 0.717) is 5.02 Å². The maximum absolute atomic E-state index is 6.28. The summed E-state index contributed by atoms with van der Waals surface area (Å²) < 4.78 is 5.87. The lowest BCUT2D eigenvalue weighted by Crippen LogP contribution is -2.17. The molecule has 0 aliphatic rings. The first-order chi connectivity index (χ1) is 9.95. The smallest absolute Gasteiger partial charge is 0.129 e. The van der Waals surface area contributed by atoms with E-state index in [1.807, 2.05) is 68.4 Å². The van der Waals surface area contributed by atoms with Crippen molar-refractivity contribution in [1.82, 2.24) is 0 Å². The van der Waals surface area contributed by atoms with Gasteiger partial charge in [-0.05, 0) is 43.2 Å². The predicted octanol–water partition coefficient (Wildman–Crippen LogP) is 4.09. The van der Waals surface area contributed by atoms with E-state index in [2.05, 4.69) is 0 Å². The van der Waals surface area contributed by atoms with E-state index in [1.165, 1.54) is 0 Å². The largest absolute Gasteiger partial charge is 0.457 e. The van der Waals surface area contributed by atoms with Crippen LogP contribution in [-0.4, -0.2) is 20.1 Å². The van der Waals surface area contributed by atoms with E-state index < -0.39 is 0 Å². The molecule has 1 unspecified atom stereocenters. The van der Waals surface area contributed by atoms with Crippen LogP contribution in [0.3, 0.4) is 0 Å². The van der Waals surface area contributed by atoms with Crippen molar-refractivity contribution in [2.45, 2.75) is 19.4 Å². The number of nitrogens with two attached hydrogens (primary N) is 1. The van der Waals surface area contributed by atoms with E-state index in [-0.39, 0.29) is 6.04 Å². The average molecular weight is 305 g/mol. The molecule has 0 heterocycles. The number of rotatable bonds is 5. The highest BCUT2D eigenvalue weighted by Gasteiger charge is 2.06. The zero-order valence-corrected chi connectivity index (χ0v) is 13.4. The van der Waals surface area contributed by atoms with Gasteiger partial charge >= 0.3 is 0 Å². The van der Waals surface area contributed by atoms with E-state index >= 15 is 0 Å². The third kappa shape index (κ3) is 4.38. The topological polar surface area (TPSA) is 38.5 Å². The number of anilines is 1. The maximum Gasteiger partial charge on any atom is 0.129 e. The van der Waals surface area contributed by atoms with Gasteiger partial charge in [0.15, 0.2) is 0 Å². The molecular weight excluding hydrogens is 284 g/mol. The Labute approximate surface area is 131 Å². The molecule has 2 aromatic rings. The first-order valence-electron chi connectivity index (χ1n) is 6.95. The van der Waals surface area contributed by atoms with Crippen LogP contribution in [0.15, 0.2) is 42.5 Å². The van der Waals surface area contributed by atoms with Crippen LogP contribution < -0.4 is 15.4 Å². The molecule has 0 saturated carbocycles. The third-order valence-electron chi connectivity index (χ3n) is 3.14. The molecule has 0 aromatic heterocycles. The fraction of sp³-hybridized carbons (Fsp3) is 0.294. The molecule has 1 atom stereocenters. The van der Waals surface area contributed by atoms with Crippen molar-refractivity contribution in [3.05, 3.63) is 53.1 Å². The van der Waals surface area contributed by atoms with Gasteiger partial charge in [0.05, 0.1) is 0 Å². The number of halogens is 1. The van der Waals surface area contributed by atoms with Crippen LogP contribution in [0.4, 0.5) is 5.69 Å². The van der Waals surface area contributed by atoms with Crippen LogP contribution in [0.2, 0.25) is 5.02 Å². The van der Waals surface area contributed by atoms with Gasteiger partial charge in [0.25, 0.3) is 0 Å². The number of benzene rings is 2. The Balaban J connectivity index is 2.16. The van der Waals surface area contributed by atoms with Crippen LogP contribution in [0.1, 0.15) is 12.5 Å².